The number of halogens is 1. The van der Waals surface area contributed by atoms with Crippen LogP contribution in [0.5, 0.6) is 0 Å². The fourth-order valence-electron chi connectivity index (χ4n) is 0.970. The molecule has 3 heteroatoms. The number of benzene rings is 1. The van der Waals surface area contributed by atoms with Crippen LogP contribution in [0.2, 0.25) is 0 Å². The lowest BCUT2D eigenvalue weighted by Crippen LogP contribution is -2.21. The van der Waals surface area contributed by atoms with Gasteiger partial charge >= 0.3 is 0 Å². The van der Waals surface area contributed by atoms with Crippen molar-refractivity contribution in [1.29, 1.82) is 0 Å². The maximum absolute atomic E-state index is 9.19. The Bertz CT molecular complexity index is 203. The van der Waals surface area contributed by atoms with Gasteiger partial charge < -0.3 is 10.8 Å². The van der Waals surface area contributed by atoms with Crippen LogP contribution in [-0.4, -0.2) is 17.8 Å². The molecule has 0 fully saturated rings. The standard InChI is InChI=1S/C9H13NO.ClH/c10-7-9(11)6-8-4-2-1-3-5-8;/h1-5,9,11H,6-7,10H2;1H. The third-order valence-corrected chi connectivity index (χ3v) is 1.59. The lowest BCUT2D eigenvalue weighted by Gasteiger charge is -2.06. The van der Waals surface area contributed by atoms with Gasteiger partial charge in [0.05, 0.1) is 6.10 Å². The molecule has 0 bridgehead atoms. The molecule has 0 aliphatic rings. The molecule has 0 amide bonds. The molecule has 0 heterocycles. The summed E-state index contributed by atoms with van der Waals surface area (Å²) in [5.74, 6) is 0. The molecule has 0 radical (unpaired) electrons. The van der Waals surface area contributed by atoms with Crippen LogP contribution >= 0.6 is 12.4 Å². The molecule has 0 saturated carbocycles. The third kappa shape index (κ3) is 3.72. The molecular formula is C9H14ClNO. The van der Waals surface area contributed by atoms with E-state index in [9.17, 15) is 5.11 Å². The van der Waals surface area contributed by atoms with Crippen molar-refractivity contribution in [3.63, 3.8) is 0 Å². The van der Waals surface area contributed by atoms with Crippen molar-refractivity contribution < 1.29 is 5.11 Å². The molecule has 3 N–H and O–H groups in total. The van der Waals surface area contributed by atoms with Crippen molar-refractivity contribution in [2.75, 3.05) is 6.54 Å². The predicted octanol–water partition coefficient (Wildman–Crippen LogP) is 0.970. The Kier molecular flexibility index (Phi) is 5.72. The number of rotatable bonds is 3. The molecule has 1 atom stereocenters. The summed E-state index contributed by atoms with van der Waals surface area (Å²) in [4.78, 5) is 0. The Labute approximate surface area is 78.8 Å². The van der Waals surface area contributed by atoms with E-state index in [1.807, 2.05) is 30.3 Å². The minimum Gasteiger partial charge on any atom is -0.391 e. The van der Waals surface area contributed by atoms with Crippen molar-refractivity contribution in [1.82, 2.24) is 0 Å². The predicted molar refractivity (Wildman–Crippen MR) is 52.5 cm³/mol. The number of hydrogen-bond donors (Lipinski definition) is 2. The minimum atomic E-state index is -0.405. The van der Waals surface area contributed by atoms with Gasteiger partial charge in [-0.2, -0.15) is 0 Å². The summed E-state index contributed by atoms with van der Waals surface area (Å²) in [5, 5.41) is 9.19. The summed E-state index contributed by atoms with van der Waals surface area (Å²) in [5.41, 5.74) is 6.40. The summed E-state index contributed by atoms with van der Waals surface area (Å²) in [6.07, 6.45) is 0.245. The maximum atomic E-state index is 9.19. The van der Waals surface area contributed by atoms with Crippen LogP contribution in [0, 0.1) is 0 Å². The SMILES string of the molecule is Cl.NCC(O)Cc1ccccc1. The fourth-order valence-corrected chi connectivity index (χ4v) is 0.970. The molecule has 0 spiro atoms. The molecule has 1 rings (SSSR count). The van der Waals surface area contributed by atoms with Gasteiger partial charge in [-0.3, -0.25) is 0 Å². The molecule has 2 nitrogen and oxygen atoms in total. The van der Waals surface area contributed by atoms with Gasteiger partial charge in [0.1, 0.15) is 0 Å². The van der Waals surface area contributed by atoms with Crippen LogP contribution in [0.3, 0.4) is 0 Å². The van der Waals surface area contributed by atoms with Crippen molar-refractivity contribution >= 4 is 12.4 Å². The van der Waals surface area contributed by atoms with Crippen LogP contribution in [0.15, 0.2) is 30.3 Å². The van der Waals surface area contributed by atoms with Gasteiger partial charge in [0.25, 0.3) is 0 Å². The smallest absolute Gasteiger partial charge is 0.0702 e. The van der Waals surface area contributed by atoms with Crippen molar-refractivity contribution in [3.05, 3.63) is 35.9 Å². The van der Waals surface area contributed by atoms with E-state index in [0.29, 0.717) is 13.0 Å². The van der Waals surface area contributed by atoms with Gasteiger partial charge in [0.2, 0.25) is 0 Å². The van der Waals surface area contributed by atoms with Gasteiger partial charge in [-0.1, -0.05) is 30.3 Å². The minimum absolute atomic E-state index is 0. The number of aliphatic hydroxyl groups excluding tert-OH is 1. The topological polar surface area (TPSA) is 46.2 Å². The van der Waals surface area contributed by atoms with Gasteiger partial charge in [-0.15, -0.1) is 12.4 Å². The lowest BCUT2D eigenvalue weighted by atomic mass is 10.1. The van der Waals surface area contributed by atoms with Crippen LogP contribution in [-0.2, 0) is 6.42 Å². The highest BCUT2D eigenvalue weighted by Crippen LogP contribution is 2.01. The summed E-state index contributed by atoms with van der Waals surface area (Å²) in [6, 6.07) is 9.84. The second kappa shape index (κ2) is 6.00. The third-order valence-electron chi connectivity index (χ3n) is 1.59. The Morgan fingerprint density at radius 3 is 2.33 bits per heavy atom. The summed E-state index contributed by atoms with van der Waals surface area (Å²) in [6.45, 7) is 0.328. The highest BCUT2D eigenvalue weighted by atomic mass is 35.5. The van der Waals surface area contributed by atoms with E-state index in [1.165, 1.54) is 0 Å². The molecule has 0 aliphatic heterocycles. The Morgan fingerprint density at radius 2 is 1.83 bits per heavy atom. The van der Waals surface area contributed by atoms with Crippen molar-refractivity contribution in [2.45, 2.75) is 12.5 Å². The Balaban J connectivity index is 0.00000121. The molecule has 1 unspecified atom stereocenters. The zero-order valence-electron chi connectivity index (χ0n) is 6.81. The van der Waals surface area contributed by atoms with E-state index in [1.54, 1.807) is 0 Å². The molecular weight excluding hydrogens is 174 g/mol. The van der Waals surface area contributed by atoms with E-state index in [4.69, 9.17) is 5.73 Å². The molecule has 0 aliphatic carbocycles. The number of aliphatic hydroxyl groups is 1. The molecule has 0 saturated heterocycles. The largest absolute Gasteiger partial charge is 0.391 e. The first-order valence-corrected chi connectivity index (χ1v) is 3.75. The molecule has 1 aromatic carbocycles. The molecule has 1 aromatic rings. The monoisotopic (exact) mass is 187 g/mol. The average molecular weight is 188 g/mol. The van der Waals surface area contributed by atoms with Gasteiger partial charge in [0.15, 0.2) is 0 Å². The second-order valence-electron chi connectivity index (χ2n) is 2.58. The van der Waals surface area contributed by atoms with Crippen LogP contribution < -0.4 is 5.73 Å². The number of nitrogens with two attached hydrogens (primary N) is 1. The van der Waals surface area contributed by atoms with E-state index < -0.39 is 6.10 Å². The zero-order chi connectivity index (χ0) is 8.10. The quantitative estimate of drug-likeness (QED) is 0.741. The second-order valence-corrected chi connectivity index (χ2v) is 2.58. The molecule has 68 valence electrons. The van der Waals surface area contributed by atoms with Crippen molar-refractivity contribution in [3.8, 4) is 0 Å². The Hall–Kier alpha value is -0.570. The van der Waals surface area contributed by atoms with E-state index in [2.05, 4.69) is 0 Å². The molecule has 0 aromatic heterocycles. The molecule has 12 heavy (non-hydrogen) atoms. The lowest BCUT2D eigenvalue weighted by molar-refractivity contribution is 0.183. The summed E-state index contributed by atoms with van der Waals surface area (Å²) < 4.78 is 0. The fraction of sp³-hybridized carbons (Fsp3) is 0.333. The first-order chi connectivity index (χ1) is 5.33. The van der Waals surface area contributed by atoms with Crippen LogP contribution in [0.1, 0.15) is 5.56 Å². The normalized spacial score (nSPS) is 11.8. The van der Waals surface area contributed by atoms with Gasteiger partial charge in [0, 0.05) is 6.54 Å². The van der Waals surface area contributed by atoms with Crippen LogP contribution in [0.25, 0.3) is 0 Å². The maximum Gasteiger partial charge on any atom is 0.0702 e. The average Bonchev–Trinajstić information content (AvgIpc) is 2.06. The number of hydrogen-bond acceptors (Lipinski definition) is 2. The first kappa shape index (κ1) is 11.4. The summed E-state index contributed by atoms with van der Waals surface area (Å²) >= 11 is 0. The zero-order valence-corrected chi connectivity index (χ0v) is 7.63. The summed E-state index contributed by atoms with van der Waals surface area (Å²) in [7, 11) is 0. The van der Waals surface area contributed by atoms with Crippen LogP contribution in [0.4, 0.5) is 0 Å². The van der Waals surface area contributed by atoms with Crippen molar-refractivity contribution in [2.24, 2.45) is 5.73 Å². The van der Waals surface area contributed by atoms with E-state index in [0.717, 1.165) is 5.56 Å². The van der Waals surface area contributed by atoms with E-state index >= 15 is 0 Å². The first-order valence-electron chi connectivity index (χ1n) is 3.75. The van der Waals surface area contributed by atoms with Gasteiger partial charge in [-0.25, -0.2) is 0 Å². The van der Waals surface area contributed by atoms with E-state index in [-0.39, 0.29) is 12.4 Å². The highest BCUT2D eigenvalue weighted by Gasteiger charge is 2.00. The highest BCUT2D eigenvalue weighted by molar-refractivity contribution is 5.85. The van der Waals surface area contributed by atoms with Gasteiger partial charge in [-0.05, 0) is 12.0 Å². The Morgan fingerprint density at radius 1 is 1.25 bits per heavy atom.